The first-order chi connectivity index (χ1) is 8.10. The average Bonchev–Trinajstić information content (AvgIpc) is 2.28. The third-order valence-electron chi connectivity index (χ3n) is 2.48. The Labute approximate surface area is 115 Å². The minimum Gasteiger partial charge on any atom is -0.372 e. The molecule has 0 saturated carbocycles. The van der Waals surface area contributed by atoms with E-state index in [4.69, 9.17) is 0 Å². The lowest BCUT2D eigenvalue weighted by molar-refractivity contribution is -0.385. The van der Waals surface area contributed by atoms with E-state index in [-0.39, 0.29) is 10.6 Å². The third-order valence-corrected chi connectivity index (χ3v) is 3.34. The molecule has 94 valence electrons. The Bertz CT molecular complexity index is 390. The number of anilines is 1. The van der Waals surface area contributed by atoms with Crippen LogP contribution in [0.15, 0.2) is 18.2 Å². The molecule has 1 aromatic carbocycles. The van der Waals surface area contributed by atoms with Crippen LogP contribution in [0.1, 0.15) is 26.7 Å². The second-order valence-corrected chi connectivity index (χ2v) is 5.04. The van der Waals surface area contributed by atoms with Crippen LogP contribution in [0.5, 0.6) is 0 Å². The summed E-state index contributed by atoms with van der Waals surface area (Å²) < 4.78 is 0.697. The SMILES string of the molecule is CCCN(CCC)c1ccc([N+](=O)[O-])c(I)c1. The standard InChI is InChI=1S/C12H17IN2O2/c1-3-7-14(8-4-2)10-5-6-12(15(16)17)11(13)9-10/h5-6,9H,3-4,7-8H2,1-2H3. The summed E-state index contributed by atoms with van der Waals surface area (Å²) in [5.41, 5.74) is 1.26. The summed E-state index contributed by atoms with van der Waals surface area (Å²) in [5, 5.41) is 10.7. The van der Waals surface area contributed by atoms with Crippen molar-refractivity contribution in [2.45, 2.75) is 26.7 Å². The summed E-state index contributed by atoms with van der Waals surface area (Å²) in [4.78, 5) is 12.7. The Balaban J connectivity index is 2.97. The molecule has 0 amide bonds. The first kappa shape index (κ1) is 14.2. The lowest BCUT2D eigenvalue weighted by atomic mass is 10.2. The van der Waals surface area contributed by atoms with Crippen molar-refractivity contribution in [3.05, 3.63) is 31.9 Å². The van der Waals surface area contributed by atoms with Crippen LogP contribution >= 0.6 is 22.6 Å². The molecule has 0 fully saturated rings. The zero-order chi connectivity index (χ0) is 12.8. The van der Waals surface area contributed by atoms with Gasteiger partial charge < -0.3 is 4.90 Å². The molecular formula is C12H17IN2O2. The molecule has 1 aromatic rings. The van der Waals surface area contributed by atoms with Gasteiger partial charge in [0.2, 0.25) is 0 Å². The molecule has 0 spiro atoms. The molecule has 0 aliphatic heterocycles. The molecule has 0 atom stereocenters. The highest BCUT2D eigenvalue weighted by Crippen LogP contribution is 2.26. The summed E-state index contributed by atoms with van der Waals surface area (Å²) in [6.45, 7) is 6.25. The minimum absolute atomic E-state index is 0.183. The second-order valence-electron chi connectivity index (χ2n) is 3.88. The summed E-state index contributed by atoms with van der Waals surface area (Å²) in [5.74, 6) is 0. The van der Waals surface area contributed by atoms with Gasteiger partial charge in [-0.15, -0.1) is 0 Å². The van der Waals surface area contributed by atoms with Crippen molar-refractivity contribution in [3.63, 3.8) is 0 Å². The molecule has 0 unspecified atom stereocenters. The monoisotopic (exact) mass is 348 g/mol. The molecule has 0 saturated heterocycles. The van der Waals surface area contributed by atoms with Gasteiger partial charge in [-0.2, -0.15) is 0 Å². The Hall–Kier alpha value is -0.850. The van der Waals surface area contributed by atoms with Gasteiger partial charge in [-0.1, -0.05) is 13.8 Å². The highest BCUT2D eigenvalue weighted by atomic mass is 127. The predicted molar refractivity (Wildman–Crippen MR) is 78.6 cm³/mol. The van der Waals surface area contributed by atoms with E-state index in [1.165, 1.54) is 0 Å². The molecule has 17 heavy (non-hydrogen) atoms. The fourth-order valence-corrected chi connectivity index (χ4v) is 2.45. The van der Waals surface area contributed by atoms with E-state index >= 15 is 0 Å². The van der Waals surface area contributed by atoms with Gasteiger partial charge in [-0.25, -0.2) is 0 Å². The van der Waals surface area contributed by atoms with Gasteiger partial charge in [-0.3, -0.25) is 10.1 Å². The van der Waals surface area contributed by atoms with E-state index < -0.39 is 0 Å². The van der Waals surface area contributed by atoms with E-state index in [0.717, 1.165) is 31.6 Å². The van der Waals surface area contributed by atoms with E-state index in [9.17, 15) is 10.1 Å². The van der Waals surface area contributed by atoms with Crippen LogP contribution in [0.25, 0.3) is 0 Å². The van der Waals surface area contributed by atoms with Gasteiger partial charge in [0.15, 0.2) is 0 Å². The van der Waals surface area contributed by atoms with Crippen LogP contribution in [-0.2, 0) is 0 Å². The van der Waals surface area contributed by atoms with E-state index in [1.807, 2.05) is 34.7 Å². The molecule has 4 nitrogen and oxygen atoms in total. The summed E-state index contributed by atoms with van der Waals surface area (Å²) >= 11 is 2.02. The van der Waals surface area contributed by atoms with Gasteiger partial charge >= 0.3 is 0 Å². The van der Waals surface area contributed by atoms with Gasteiger partial charge in [0.25, 0.3) is 5.69 Å². The molecular weight excluding hydrogens is 331 g/mol. The van der Waals surface area contributed by atoms with Crippen molar-refractivity contribution in [1.82, 2.24) is 0 Å². The molecule has 0 N–H and O–H groups in total. The van der Waals surface area contributed by atoms with Crippen molar-refractivity contribution in [1.29, 1.82) is 0 Å². The van der Waals surface area contributed by atoms with Gasteiger partial charge in [0.1, 0.15) is 0 Å². The molecule has 1 rings (SSSR count). The number of nitro groups is 1. The zero-order valence-corrected chi connectivity index (χ0v) is 12.3. The van der Waals surface area contributed by atoms with Crippen molar-refractivity contribution in [2.24, 2.45) is 0 Å². The number of hydrogen-bond donors (Lipinski definition) is 0. The van der Waals surface area contributed by atoms with Crippen LogP contribution in [0.4, 0.5) is 11.4 Å². The summed E-state index contributed by atoms with van der Waals surface area (Å²) in [7, 11) is 0. The smallest absolute Gasteiger partial charge is 0.282 e. The average molecular weight is 348 g/mol. The molecule has 0 aliphatic carbocycles. The fourth-order valence-electron chi connectivity index (χ4n) is 1.75. The van der Waals surface area contributed by atoms with E-state index in [0.29, 0.717) is 3.57 Å². The van der Waals surface area contributed by atoms with Gasteiger partial charge in [0, 0.05) is 24.8 Å². The topological polar surface area (TPSA) is 46.4 Å². The molecule has 0 aromatic heterocycles. The van der Waals surface area contributed by atoms with Gasteiger partial charge in [-0.05, 0) is 47.6 Å². The van der Waals surface area contributed by atoms with Crippen molar-refractivity contribution in [2.75, 3.05) is 18.0 Å². The number of halogens is 1. The van der Waals surface area contributed by atoms with Crippen LogP contribution in [0, 0.1) is 13.7 Å². The fraction of sp³-hybridized carbons (Fsp3) is 0.500. The Kier molecular flexibility index (Phi) is 5.67. The van der Waals surface area contributed by atoms with Crippen LogP contribution in [0.2, 0.25) is 0 Å². The zero-order valence-electron chi connectivity index (χ0n) is 10.1. The van der Waals surface area contributed by atoms with Crippen molar-refractivity contribution in [3.8, 4) is 0 Å². The Morgan fingerprint density at radius 3 is 2.29 bits per heavy atom. The normalized spacial score (nSPS) is 10.3. The maximum absolute atomic E-state index is 10.7. The number of hydrogen-bond acceptors (Lipinski definition) is 3. The van der Waals surface area contributed by atoms with Crippen LogP contribution in [0.3, 0.4) is 0 Å². The molecule has 0 bridgehead atoms. The van der Waals surface area contributed by atoms with Crippen LogP contribution in [-0.4, -0.2) is 18.0 Å². The van der Waals surface area contributed by atoms with Gasteiger partial charge in [0.05, 0.1) is 8.49 Å². The first-order valence-corrected chi connectivity index (χ1v) is 6.86. The van der Waals surface area contributed by atoms with E-state index in [1.54, 1.807) is 6.07 Å². The van der Waals surface area contributed by atoms with Crippen molar-refractivity contribution < 1.29 is 4.92 Å². The summed E-state index contributed by atoms with van der Waals surface area (Å²) in [6, 6.07) is 5.32. The number of benzene rings is 1. The number of rotatable bonds is 6. The highest BCUT2D eigenvalue weighted by molar-refractivity contribution is 14.1. The van der Waals surface area contributed by atoms with E-state index in [2.05, 4.69) is 18.7 Å². The highest BCUT2D eigenvalue weighted by Gasteiger charge is 2.13. The second kappa shape index (κ2) is 6.78. The Morgan fingerprint density at radius 2 is 1.88 bits per heavy atom. The molecule has 0 aliphatic rings. The Morgan fingerprint density at radius 1 is 1.29 bits per heavy atom. The largest absolute Gasteiger partial charge is 0.372 e. The predicted octanol–water partition coefficient (Wildman–Crippen LogP) is 3.83. The quantitative estimate of drug-likeness (QED) is 0.446. The number of nitrogens with zero attached hydrogens (tertiary/aromatic N) is 2. The van der Waals surface area contributed by atoms with Crippen molar-refractivity contribution >= 4 is 34.0 Å². The molecule has 5 heteroatoms. The number of nitro benzene ring substituents is 1. The summed E-state index contributed by atoms with van der Waals surface area (Å²) in [6.07, 6.45) is 2.15. The van der Waals surface area contributed by atoms with Crippen LogP contribution < -0.4 is 4.90 Å². The lowest BCUT2D eigenvalue weighted by Crippen LogP contribution is -2.24. The third kappa shape index (κ3) is 3.83. The molecule has 0 radical (unpaired) electrons. The molecule has 0 heterocycles. The first-order valence-electron chi connectivity index (χ1n) is 5.79. The maximum Gasteiger partial charge on any atom is 0.282 e. The maximum atomic E-state index is 10.7. The minimum atomic E-state index is -0.338. The lowest BCUT2D eigenvalue weighted by Gasteiger charge is -2.23.